The van der Waals surface area contributed by atoms with Crippen LogP contribution in [0.1, 0.15) is 5.56 Å². The summed E-state index contributed by atoms with van der Waals surface area (Å²) in [5.41, 5.74) is 6.62. The molecule has 0 atom stereocenters. The summed E-state index contributed by atoms with van der Waals surface area (Å²) in [7, 11) is 0. The highest BCUT2D eigenvalue weighted by Gasteiger charge is 2.05. The molecular formula is C8H8BrN5. The van der Waals surface area contributed by atoms with Crippen molar-refractivity contribution in [2.75, 3.05) is 5.73 Å². The van der Waals surface area contributed by atoms with Gasteiger partial charge in [-0.1, -0.05) is 0 Å². The number of rotatable bonds is 1. The van der Waals surface area contributed by atoms with Gasteiger partial charge in [-0.3, -0.25) is 0 Å². The van der Waals surface area contributed by atoms with Crippen LogP contribution in [0.5, 0.6) is 0 Å². The van der Waals surface area contributed by atoms with E-state index in [1.54, 1.807) is 17.1 Å². The maximum absolute atomic E-state index is 5.59. The van der Waals surface area contributed by atoms with Crippen LogP contribution in [0.4, 0.5) is 5.82 Å². The number of nitrogens with zero attached hydrogens (tertiary/aromatic N) is 4. The van der Waals surface area contributed by atoms with Crippen molar-refractivity contribution < 1.29 is 0 Å². The van der Waals surface area contributed by atoms with Crippen LogP contribution in [-0.4, -0.2) is 20.0 Å². The molecule has 6 heteroatoms. The lowest BCUT2D eigenvalue weighted by Crippen LogP contribution is -2.00. The van der Waals surface area contributed by atoms with E-state index in [9.17, 15) is 0 Å². The zero-order valence-electron chi connectivity index (χ0n) is 7.48. The van der Waals surface area contributed by atoms with Crippen molar-refractivity contribution >= 4 is 21.7 Å². The van der Waals surface area contributed by atoms with Gasteiger partial charge in [-0.15, -0.1) is 10.2 Å². The Hall–Kier alpha value is -1.43. The average molecular weight is 254 g/mol. The lowest BCUT2D eigenvalue weighted by atomic mass is 10.3. The van der Waals surface area contributed by atoms with Gasteiger partial charge in [-0.05, 0) is 34.5 Å². The molecule has 0 aliphatic carbocycles. The first-order chi connectivity index (χ1) is 6.66. The van der Waals surface area contributed by atoms with Gasteiger partial charge in [-0.25, -0.2) is 4.68 Å². The number of halogens is 1. The third-order valence-electron chi connectivity index (χ3n) is 1.71. The summed E-state index contributed by atoms with van der Waals surface area (Å²) in [4.78, 5) is 0. The molecule has 0 amide bonds. The van der Waals surface area contributed by atoms with Crippen molar-refractivity contribution in [1.82, 2.24) is 20.0 Å². The number of nitrogen functional groups attached to an aromatic ring is 1. The van der Waals surface area contributed by atoms with Gasteiger partial charge in [0.2, 0.25) is 0 Å². The number of hydrogen-bond acceptors (Lipinski definition) is 4. The topological polar surface area (TPSA) is 69.6 Å². The summed E-state index contributed by atoms with van der Waals surface area (Å²) >= 11 is 3.28. The van der Waals surface area contributed by atoms with Gasteiger partial charge >= 0.3 is 0 Å². The standard InChI is InChI=1S/C8H8BrN5/c1-5-2-7(12-11-3-5)14-4-6(9)8(10)13-14/h2-4H,1H3,(H2,10,13). The van der Waals surface area contributed by atoms with Gasteiger partial charge in [0.25, 0.3) is 0 Å². The van der Waals surface area contributed by atoms with Gasteiger partial charge in [0.15, 0.2) is 11.6 Å². The van der Waals surface area contributed by atoms with E-state index >= 15 is 0 Å². The molecule has 2 aromatic heterocycles. The van der Waals surface area contributed by atoms with Crippen LogP contribution in [0.2, 0.25) is 0 Å². The average Bonchev–Trinajstić information content (AvgIpc) is 2.47. The smallest absolute Gasteiger partial charge is 0.176 e. The van der Waals surface area contributed by atoms with E-state index in [0.717, 1.165) is 10.0 Å². The molecule has 2 aromatic rings. The van der Waals surface area contributed by atoms with Crippen LogP contribution >= 0.6 is 15.9 Å². The molecule has 0 spiro atoms. The zero-order valence-corrected chi connectivity index (χ0v) is 9.06. The molecule has 5 nitrogen and oxygen atoms in total. The Kier molecular flexibility index (Phi) is 2.20. The first kappa shape index (κ1) is 9.14. The van der Waals surface area contributed by atoms with E-state index in [4.69, 9.17) is 5.73 Å². The Labute approximate surface area is 89.1 Å². The Balaban J connectivity index is 2.49. The molecule has 2 N–H and O–H groups in total. The second kappa shape index (κ2) is 3.38. The number of aryl methyl sites for hydroxylation is 1. The van der Waals surface area contributed by atoms with Crippen LogP contribution in [-0.2, 0) is 0 Å². The molecule has 0 bridgehead atoms. The fourth-order valence-corrected chi connectivity index (χ4v) is 1.32. The molecule has 2 rings (SSSR count). The van der Waals surface area contributed by atoms with Crippen molar-refractivity contribution in [2.24, 2.45) is 0 Å². The fraction of sp³-hybridized carbons (Fsp3) is 0.125. The second-order valence-electron chi connectivity index (χ2n) is 2.90. The molecule has 0 aliphatic heterocycles. The van der Waals surface area contributed by atoms with Crippen molar-refractivity contribution in [3.05, 3.63) is 28.5 Å². The molecule has 0 unspecified atom stereocenters. The summed E-state index contributed by atoms with van der Waals surface area (Å²) in [6, 6.07) is 1.88. The van der Waals surface area contributed by atoms with Gasteiger partial charge in [0.05, 0.1) is 10.7 Å². The summed E-state index contributed by atoms with van der Waals surface area (Å²) in [6.45, 7) is 1.94. The molecule has 0 aromatic carbocycles. The highest BCUT2D eigenvalue weighted by Crippen LogP contribution is 2.18. The van der Waals surface area contributed by atoms with Gasteiger partial charge < -0.3 is 5.73 Å². The molecule has 0 fully saturated rings. The maximum Gasteiger partial charge on any atom is 0.176 e. The Morgan fingerprint density at radius 1 is 1.50 bits per heavy atom. The summed E-state index contributed by atoms with van der Waals surface area (Å²) in [5, 5.41) is 11.8. The molecule has 2 heterocycles. The molecule has 0 aliphatic rings. The molecular weight excluding hydrogens is 246 g/mol. The highest BCUT2D eigenvalue weighted by atomic mass is 79.9. The monoisotopic (exact) mass is 253 g/mol. The van der Waals surface area contributed by atoms with Crippen LogP contribution in [0.15, 0.2) is 22.9 Å². The first-order valence-electron chi connectivity index (χ1n) is 3.97. The van der Waals surface area contributed by atoms with Crippen LogP contribution in [0.3, 0.4) is 0 Å². The van der Waals surface area contributed by atoms with Crippen LogP contribution in [0.25, 0.3) is 5.82 Å². The van der Waals surface area contributed by atoms with Crippen molar-refractivity contribution in [3.63, 3.8) is 0 Å². The number of anilines is 1. The lowest BCUT2D eigenvalue weighted by Gasteiger charge is -1.98. The normalized spacial score (nSPS) is 10.4. The first-order valence-corrected chi connectivity index (χ1v) is 4.76. The third-order valence-corrected chi connectivity index (χ3v) is 2.32. The minimum Gasteiger partial charge on any atom is -0.381 e. The van der Waals surface area contributed by atoms with Gasteiger partial charge in [-0.2, -0.15) is 5.10 Å². The molecule has 14 heavy (non-hydrogen) atoms. The van der Waals surface area contributed by atoms with E-state index in [-0.39, 0.29) is 0 Å². The quantitative estimate of drug-likeness (QED) is 0.833. The molecule has 0 radical (unpaired) electrons. The fourth-order valence-electron chi connectivity index (χ4n) is 1.04. The van der Waals surface area contributed by atoms with E-state index in [2.05, 4.69) is 31.2 Å². The molecule has 72 valence electrons. The zero-order chi connectivity index (χ0) is 10.1. The SMILES string of the molecule is Cc1cnnc(-n2cc(Br)c(N)n2)c1. The second-order valence-corrected chi connectivity index (χ2v) is 3.75. The number of nitrogens with two attached hydrogens (primary N) is 1. The van der Waals surface area contributed by atoms with Crippen molar-refractivity contribution in [3.8, 4) is 5.82 Å². The van der Waals surface area contributed by atoms with Crippen molar-refractivity contribution in [2.45, 2.75) is 6.92 Å². The highest BCUT2D eigenvalue weighted by molar-refractivity contribution is 9.10. The Bertz CT molecular complexity index is 445. The van der Waals surface area contributed by atoms with Crippen molar-refractivity contribution in [1.29, 1.82) is 0 Å². The summed E-state index contributed by atoms with van der Waals surface area (Å²) in [6.07, 6.45) is 3.43. The van der Waals surface area contributed by atoms with Crippen LogP contribution in [0, 0.1) is 6.92 Å². The number of aromatic nitrogens is 4. The van der Waals surface area contributed by atoms with E-state index in [1.807, 2.05) is 13.0 Å². The summed E-state index contributed by atoms with van der Waals surface area (Å²) < 4.78 is 2.33. The number of hydrogen-bond donors (Lipinski definition) is 1. The molecule has 0 saturated heterocycles. The third kappa shape index (κ3) is 1.60. The van der Waals surface area contributed by atoms with Crippen LogP contribution < -0.4 is 5.73 Å². The predicted molar refractivity (Wildman–Crippen MR) is 56.0 cm³/mol. The van der Waals surface area contributed by atoms with E-state index in [1.165, 1.54) is 0 Å². The van der Waals surface area contributed by atoms with E-state index in [0.29, 0.717) is 11.6 Å². The largest absolute Gasteiger partial charge is 0.381 e. The predicted octanol–water partition coefficient (Wildman–Crippen LogP) is 1.32. The molecule has 0 saturated carbocycles. The van der Waals surface area contributed by atoms with E-state index < -0.39 is 0 Å². The lowest BCUT2D eigenvalue weighted by molar-refractivity contribution is 0.814. The minimum absolute atomic E-state index is 0.438. The summed E-state index contributed by atoms with van der Waals surface area (Å²) in [5.74, 6) is 1.09. The Morgan fingerprint density at radius 3 is 2.86 bits per heavy atom. The Morgan fingerprint density at radius 2 is 2.29 bits per heavy atom. The van der Waals surface area contributed by atoms with Gasteiger partial charge in [0, 0.05) is 6.20 Å². The minimum atomic E-state index is 0.438. The van der Waals surface area contributed by atoms with Gasteiger partial charge in [0.1, 0.15) is 0 Å². The maximum atomic E-state index is 5.59.